The van der Waals surface area contributed by atoms with Gasteiger partial charge in [0.05, 0.1) is 12.6 Å². The molecule has 166 valence electrons. The fraction of sp³-hybridized carbons (Fsp3) is 0.100. The number of halogens is 4. The van der Waals surface area contributed by atoms with Crippen LogP contribution in [0.15, 0.2) is 54.7 Å². The van der Waals surface area contributed by atoms with Gasteiger partial charge in [-0.1, -0.05) is 29.8 Å². The van der Waals surface area contributed by atoms with E-state index in [-0.39, 0.29) is 12.3 Å². The lowest BCUT2D eigenvalue weighted by Crippen LogP contribution is -2.21. The highest BCUT2D eigenvalue weighted by Gasteiger charge is 2.38. The Morgan fingerprint density at radius 2 is 1.59 bits per heavy atom. The SMILES string of the molecule is O=C(O)C(F)(F)F.O=C1Cc2cccc(c2)Nc2ncc(Cl)c(n2)Nc2cccc(c2)N1. The number of carboxylic acids is 1. The maximum atomic E-state index is 12.3. The molecule has 4 N–H and O–H groups in total. The number of carbonyl (C=O) groups is 2. The Hall–Kier alpha value is -3.86. The van der Waals surface area contributed by atoms with Crippen molar-refractivity contribution < 1.29 is 27.9 Å². The van der Waals surface area contributed by atoms with Gasteiger partial charge < -0.3 is 21.1 Å². The minimum atomic E-state index is -5.08. The molecule has 1 amide bonds. The molecule has 32 heavy (non-hydrogen) atoms. The molecule has 0 spiro atoms. The maximum Gasteiger partial charge on any atom is 0.490 e. The summed E-state index contributed by atoms with van der Waals surface area (Å²) in [4.78, 5) is 29.8. The highest BCUT2D eigenvalue weighted by Crippen LogP contribution is 2.27. The number of amides is 1. The van der Waals surface area contributed by atoms with Crippen LogP contribution in [0.3, 0.4) is 0 Å². The van der Waals surface area contributed by atoms with E-state index in [1.165, 1.54) is 0 Å². The molecule has 4 rings (SSSR count). The van der Waals surface area contributed by atoms with Gasteiger partial charge in [0.15, 0.2) is 5.82 Å². The molecule has 0 radical (unpaired) electrons. The first-order valence-corrected chi connectivity index (χ1v) is 9.33. The third kappa shape index (κ3) is 6.32. The van der Waals surface area contributed by atoms with Gasteiger partial charge in [0.1, 0.15) is 5.02 Å². The number of aromatic nitrogens is 2. The number of anilines is 5. The van der Waals surface area contributed by atoms with Crippen LogP contribution in [0, 0.1) is 0 Å². The third-order valence-corrected chi connectivity index (χ3v) is 4.22. The van der Waals surface area contributed by atoms with E-state index in [1.54, 1.807) is 6.20 Å². The largest absolute Gasteiger partial charge is 0.490 e. The molecule has 3 aromatic rings. The Bertz CT molecular complexity index is 1160. The van der Waals surface area contributed by atoms with Crippen molar-refractivity contribution in [1.82, 2.24) is 9.97 Å². The molecule has 0 atom stereocenters. The molecule has 6 bridgehead atoms. The summed E-state index contributed by atoms with van der Waals surface area (Å²) < 4.78 is 31.7. The second-order valence-electron chi connectivity index (χ2n) is 6.45. The van der Waals surface area contributed by atoms with Crippen LogP contribution in [-0.4, -0.2) is 33.1 Å². The number of aliphatic carboxylic acids is 1. The van der Waals surface area contributed by atoms with Crippen LogP contribution < -0.4 is 16.0 Å². The first-order valence-electron chi connectivity index (χ1n) is 8.96. The Kier molecular flexibility index (Phi) is 6.79. The van der Waals surface area contributed by atoms with E-state index in [0.29, 0.717) is 22.5 Å². The molecule has 1 aliphatic heterocycles. The Morgan fingerprint density at radius 1 is 1.00 bits per heavy atom. The van der Waals surface area contributed by atoms with E-state index < -0.39 is 12.1 Å². The summed E-state index contributed by atoms with van der Waals surface area (Å²) in [6.07, 6.45) is -3.26. The summed E-state index contributed by atoms with van der Waals surface area (Å²) in [5, 5.41) is 16.7. The number of nitrogens with zero attached hydrogens (tertiary/aromatic N) is 2. The minimum absolute atomic E-state index is 0.0841. The molecule has 1 aliphatic rings. The van der Waals surface area contributed by atoms with Crippen LogP contribution in [0.4, 0.5) is 42.0 Å². The lowest BCUT2D eigenvalue weighted by atomic mass is 10.1. The Morgan fingerprint density at radius 3 is 2.25 bits per heavy atom. The van der Waals surface area contributed by atoms with Gasteiger partial charge in [-0.05, 0) is 35.9 Å². The van der Waals surface area contributed by atoms with Gasteiger partial charge >= 0.3 is 12.1 Å². The molecular weight excluding hydrogens is 451 g/mol. The molecule has 0 saturated heterocycles. The van der Waals surface area contributed by atoms with Gasteiger partial charge in [0.25, 0.3) is 0 Å². The second-order valence-corrected chi connectivity index (χ2v) is 6.86. The molecule has 1 aromatic heterocycles. The van der Waals surface area contributed by atoms with Crippen LogP contribution in [0.5, 0.6) is 0 Å². The number of hydrogen-bond donors (Lipinski definition) is 4. The predicted octanol–water partition coefficient (Wildman–Crippen LogP) is 4.75. The van der Waals surface area contributed by atoms with E-state index in [1.807, 2.05) is 48.5 Å². The molecule has 8 nitrogen and oxygen atoms in total. The monoisotopic (exact) mass is 465 g/mol. The Balaban J connectivity index is 0.000000360. The van der Waals surface area contributed by atoms with Crippen molar-refractivity contribution in [3.8, 4) is 0 Å². The van der Waals surface area contributed by atoms with Crippen molar-refractivity contribution in [1.29, 1.82) is 0 Å². The van der Waals surface area contributed by atoms with E-state index in [4.69, 9.17) is 21.5 Å². The minimum Gasteiger partial charge on any atom is -0.475 e. The standard InChI is InChI=1S/C18H14ClN5O.C2HF3O2/c19-15-10-20-18-23-12-4-1-3-11(7-12)8-16(25)21-13-5-2-6-14(9-13)22-17(15)24-18;3-2(4,5)1(6)7/h1-7,9-10H,8H2,(H,21,25)(H2,20,22,23,24);(H,6,7). The van der Waals surface area contributed by atoms with Gasteiger partial charge in [-0.15, -0.1) is 0 Å². The van der Waals surface area contributed by atoms with Crippen LogP contribution in [0.25, 0.3) is 0 Å². The summed E-state index contributed by atoms with van der Waals surface area (Å²) in [6.45, 7) is 0. The van der Waals surface area contributed by atoms with Gasteiger partial charge in [0.2, 0.25) is 11.9 Å². The van der Waals surface area contributed by atoms with Crippen molar-refractivity contribution in [3.05, 3.63) is 65.3 Å². The quantitative estimate of drug-likeness (QED) is 0.378. The average Bonchev–Trinajstić information content (AvgIpc) is 2.70. The van der Waals surface area contributed by atoms with Crippen molar-refractivity contribution in [2.24, 2.45) is 0 Å². The number of benzene rings is 2. The summed E-state index contributed by atoms with van der Waals surface area (Å²) >= 11 is 6.20. The topological polar surface area (TPSA) is 116 Å². The van der Waals surface area contributed by atoms with Crippen molar-refractivity contribution in [3.63, 3.8) is 0 Å². The fourth-order valence-corrected chi connectivity index (χ4v) is 2.74. The molecule has 0 unspecified atom stereocenters. The second kappa shape index (κ2) is 9.52. The van der Waals surface area contributed by atoms with Gasteiger partial charge in [0, 0.05) is 17.1 Å². The lowest BCUT2D eigenvalue weighted by Gasteiger charge is -2.13. The van der Waals surface area contributed by atoms with Gasteiger partial charge in [-0.2, -0.15) is 18.2 Å². The van der Waals surface area contributed by atoms with E-state index in [0.717, 1.165) is 16.9 Å². The summed E-state index contributed by atoms with van der Waals surface area (Å²) in [5.41, 5.74) is 3.16. The molecule has 12 heteroatoms. The summed E-state index contributed by atoms with van der Waals surface area (Å²) in [7, 11) is 0. The zero-order chi connectivity index (χ0) is 23.3. The summed E-state index contributed by atoms with van der Waals surface area (Å²) in [6, 6.07) is 14.9. The normalized spacial score (nSPS) is 12.7. The number of rotatable bonds is 0. The van der Waals surface area contributed by atoms with Gasteiger partial charge in [-0.3, -0.25) is 4.79 Å². The first-order chi connectivity index (χ1) is 15.1. The number of nitrogens with one attached hydrogen (secondary N) is 3. The van der Waals surface area contributed by atoms with Crippen molar-refractivity contribution >= 4 is 52.3 Å². The highest BCUT2D eigenvalue weighted by atomic mass is 35.5. The Labute approximate surface area is 184 Å². The number of carboxylic acid groups (broad SMARTS) is 1. The van der Waals surface area contributed by atoms with Crippen molar-refractivity contribution in [2.75, 3.05) is 16.0 Å². The predicted molar refractivity (Wildman–Crippen MR) is 113 cm³/mol. The maximum absolute atomic E-state index is 12.3. The number of fused-ring (bicyclic) bond motifs is 6. The highest BCUT2D eigenvalue weighted by molar-refractivity contribution is 6.32. The number of hydrogen-bond acceptors (Lipinski definition) is 6. The van der Waals surface area contributed by atoms with E-state index >= 15 is 0 Å². The lowest BCUT2D eigenvalue weighted by molar-refractivity contribution is -0.192. The fourth-order valence-electron chi connectivity index (χ4n) is 2.61. The van der Waals surface area contributed by atoms with Gasteiger partial charge in [-0.25, -0.2) is 9.78 Å². The molecule has 0 saturated carbocycles. The third-order valence-electron chi connectivity index (χ3n) is 3.94. The molecule has 0 aliphatic carbocycles. The zero-order valence-electron chi connectivity index (χ0n) is 16.1. The van der Waals surface area contributed by atoms with E-state index in [2.05, 4.69) is 25.9 Å². The number of carbonyl (C=O) groups excluding carboxylic acids is 1. The molecular formula is C20H15ClF3N5O3. The molecule has 2 aromatic carbocycles. The van der Waals surface area contributed by atoms with E-state index in [9.17, 15) is 18.0 Å². The number of alkyl halides is 3. The van der Waals surface area contributed by atoms with Crippen LogP contribution in [-0.2, 0) is 16.0 Å². The van der Waals surface area contributed by atoms with Crippen LogP contribution in [0.2, 0.25) is 5.02 Å². The molecule has 0 fully saturated rings. The van der Waals surface area contributed by atoms with Crippen LogP contribution in [0.1, 0.15) is 5.56 Å². The zero-order valence-corrected chi connectivity index (χ0v) is 16.8. The van der Waals surface area contributed by atoms with Crippen molar-refractivity contribution in [2.45, 2.75) is 12.6 Å². The first kappa shape index (κ1) is 22.8. The smallest absolute Gasteiger partial charge is 0.475 e. The van der Waals surface area contributed by atoms with Crippen LogP contribution >= 0.6 is 11.6 Å². The average molecular weight is 466 g/mol. The summed E-state index contributed by atoms with van der Waals surface area (Å²) in [5.74, 6) is -1.94. The molecule has 2 heterocycles.